The number of hydrogen-bond donors (Lipinski definition) is 0. The molecule has 1 heterocycles. The first-order valence-corrected chi connectivity index (χ1v) is 9.49. The van der Waals surface area contributed by atoms with Crippen LogP contribution < -0.4 is 9.47 Å². The Kier molecular flexibility index (Phi) is 5.99. The van der Waals surface area contributed by atoms with E-state index in [0.717, 1.165) is 11.1 Å². The summed E-state index contributed by atoms with van der Waals surface area (Å²) >= 11 is 0. The van der Waals surface area contributed by atoms with Gasteiger partial charge in [-0.05, 0) is 29.3 Å². The summed E-state index contributed by atoms with van der Waals surface area (Å²) in [5.74, 6) is -0.950. The zero-order chi connectivity index (χ0) is 20.8. The number of hydrogen-bond acceptors (Lipinski definition) is 3. The Morgan fingerprint density at radius 1 is 0.600 bits per heavy atom. The van der Waals surface area contributed by atoms with Gasteiger partial charge in [0.2, 0.25) is 11.8 Å². The van der Waals surface area contributed by atoms with Crippen LogP contribution in [-0.4, -0.2) is 4.98 Å². The molecule has 0 N–H and O–H groups in total. The first-order valence-electron chi connectivity index (χ1n) is 9.49. The third-order valence-electron chi connectivity index (χ3n) is 4.51. The Labute approximate surface area is 173 Å². The zero-order valence-electron chi connectivity index (χ0n) is 16.1. The van der Waals surface area contributed by atoms with Gasteiger partial charge in [0.15, 0.2) is 0 Å². The van der Waals surface area contributed by atoms with E-state index >= 15 is 0 Å². The van der Waals surface area contributed by atoms with E-state index in [1.807, 2.05) is 60.7 Å². The molecule has 0 amide bonds. The Hall–Kier alpha value is -3.73. The SMILES string of the molecule is Fc1cccc(F)c1-c1ccc(OCc2ccccc2)nc1OCc1ccccc1. The van der Waals surface area contributed by atoms with E-state index in [2.05, 4.69) is 4.98 Å². The Balaban J connectivity index is 1.64. The molecule has 0 aliphatic carbocycles. The van der Waals surface area contributed by atoms with Crippen molar-refractivity contribution in [1.82, 2.24) is 4.98 Å². The number of benzene rings is 3. The van der Waals surface area contributed by atoms with Crippen LogP contribution in [0.15, 0.2) is 91.0 Å². The summed E-state index contributed by atoms with van der Waals surface area (Å²) in [6.07, 6.45) is 0. The van der Waals surface area contributed by atoms with Gasteiger partial charge < -0.3 is 9.47 Å². The average Bonchev–Trinajstić information content (AvgIpc) is 2.78. The molecule has 4 rings (SSSR count). The molecule has 0 bridgehead atoms. The van der Waals surface area contributed by atoms with Crippen molar-refractivity contribution in [2.45, 2.75) is 13.2 Å². The van der Waals surface area contributed by atoms with Gasteiger partial charge in [-0.2, -0.15) is 4.98 Å². The van der Waals surface area contributed by atoms with Crippen molar-refractivity contribution in [3.8, 4) is 22.9 Å². The lowest BCUT2D eigenvalue weighted by molar-refractivity contribution is 0.268. The molecule has 3 aromatic carbocycles. The van der Waals surface area contributed by atoms with Gasteiger partial charge in [-0.15, -0.1) is 0 Å². The molecule has 0 atom stereocenters. The molecule has 0 saturated heterocycles. The fourth-order valence-electron chi connectivity index (χ4n) is 3.02. The van der Waals surface area contributed by atoms with E-state index in [-0.39, 0.29) is 23.6 Å². The van der Waals surface area contributed by atoms with Gasteiger partial charge in [0.05, 0.1) is 11.1 Å². The minimum atomic E-state index is -0.681. The highest BCUT2D eigenvalue weighted by atomic mass is 19.1. The lowest BCUT2D eigenvalue weighted by Gasteiger charge is -2.14. The first-order chi connectivity index (χ1) is 14.7. The van der Waals surface area contributed by atoms with Crippen LogP contribution in [0.5, 0.6) is 11.8 Å². The summed E-state index contributed by atoms with van der Waals surface area (Å²) in [6, 6.07) is 26.0. The van der Waals surface area contributed by atoms with Crippen molar-refractivity contribution < 1.29 is 18.3 Å². The number of rotatable bonds is 7. The third-order valence-corrected chi connectivity index (χ3v) is 4.51. The smallest absolute Gasteiger partial charge is 0.225 e. The maximum atomic E-state index is 14.4. The summed E-state index contributed by atoms with van der Waals surface area (Å²) in [7, 11) is 0. The van der Waals surface area contributed by atoms with E-state index in [0.29, 0.717) is 12.5 Å². The van der Waals surface area contributed by atoms with Crippen molar-refractivity contribution in [3.63, 3.8) is 0 Å². The second-order valence-corrected chi connectivity index (χ2v) is 6.65. The summed E-state index contributed by atoms with van der Waals surface area (Å²) in [4.78, 5) is 4.38. The summed E-state index contributed by atoms with van der Waals surface area (Å²) in [6.45, 7) is 0.526. The van der Waals surface area contributed by atoms with Crippen LogP contribution in [0, 0.1) is 11.6 Å². The number of pyridine rings is 1. The van der Waals surface area contributed by atoms with Crippen molar-refractivity contribution in [3.05, 3.63) is 114 Å². The van der Waals surface area contributed by atoms with Crippen molar-refractivity contribution in [1.29, 1.82) is 0 Å². The predicted octanol–water partition coefficient (Wildman–Crippen LogP) is 6.18. The van der Waals surface area contributed by atoms with Crippen LogP contribution in [0.3, 0.4) is 0 Å². The molecule has 0 unspecified atom stereocenters. The highest BCUT2D eigenvalue weighted by molar-refractivity contribution is 5.70. The molecule has 0 fully saturated rings. The van der Waals surface area contributed by atoms with E-state index in [9.17, 15) is 8.78 Å². The summed E-state index contributed by atoms with van der Waals surface area (Å²) < 4.78 is 40.4. The van der Waals surface area contributed by atoms with Crippen LogP contribution in [0.25, 0.3) is 11.1 Å². The summed E-state index contributed by atoms with van der Waals surface area (Å²) in [5.41, 5.74) is 1.95. The number of halogens is 2. The van der Waals surface area contributed by atoms with E-state index < -0.39 is 11.6 Å². The lowest BCUT2D eigenvalue weighted by atomic mass is 10.1. The van der Waals surface area contributed by atoms with Crippen LogP contribution in [0.2, 0.25) is 0 Å². The number of nitrogens with zero attached hydrogens (tertiary/aromatic N) is 1. The Morgan fingerprint density at radius 3 is 1.77 bits per heavy atom. The van der Waals surface area contributed by atoms with E-state index in [1.165, 1.54) is 18.2 Å². The van der Waals surface area contributed by atoms with Crippen LogP contribution in [0.1, 0.15) is 11.1 Å². The van der Waals surface area contributed by atoms with Gasteiger partial charge in [-0.1, -0.05) is 66.7 Å². The molecular formula is C25H19F2NO2. The van der Waals surface area contributed by atoms with Crippen LogP contribution in [-0.2, 0) is 13.2 Å². The van der Waals surface area contributed by atoms with Gasteiger partial charge in [0.25, 0.3) is 0 Å². The number of aromatic nitrogens is 1. The highest BCUT2D eigenvalue weighted by Gasteiger charge is 2.18. The molecule has 3 nitrogen and oxygen atoms in total. The van der Waals surface area contributed by atoms with Gasteiger partial charge in [0.1, 0.15) is 24.8 Å². The number of ether oxygens (including phenoxy) is 2. The minimum absolute atomic E-state index is 0.105. The normalized spacial score (nSPS) is 10.6. The standard InChI is InChI=1S/C25H19F2NO2/c26-21-12-7-13-22(27)24(21)20-14-15-23(29-16-18-8-3-1-4-9-18)28-25(20)30-17-19-10-5-2-6-11-19/h1-15H,16-17H2. The zero-order valence-corrected chi connectivity index (χ0v) is 16.1. The minimum Gasteiger partial charge on any atom is -0.473 e. The molecule has 0 aliphatic rings. The van der Waals surface area contributed by atoms with E-state index in [4.69, 9.17) is 9.47 Å². The first kappa shape index (κ1) is 19.6. The van der Waals surface area contributed by atoms with Crippen LogP contribution >= 0.6 is 0 Å². The van der Waals surface area contributed by atoms with E-state index in [1.54, 1.807) is 12.1 Å². The highest BCUT2D eigenvalue weighted by Crippen LogP contribution is 2.34. The molecule has 0 spiro atoms. The van der Waals surface area contributed by atoms with Gasteiger partial charge in [-0.25, -0.2) is 8.78 Å². The van der Waals surface area contributed by atoms with Crippen molar-refractivity contribution >= 4 is 0 Å². The van der Waals surface area contributed by atoms with Gasteiger partial charge in [-0.3, -0.25) is 0 Å². The van der Waals surface area contributed by atoms with Crippen LogP contribution in [0.4, 0.5) is 8.78 Å². The van der Waals surface area contributed by atoms with Gasteiger partial charge >= 0.3 is 0 Å². The molecule has 1 aromatic heterocycles. The lowest BCUT2D eigenvalue weighted by Crippen LogP contribution is -2.03. The predicted molar refractivity (Wildman–Crippen MR) is 111 cm³/mol. The Bertz CT molecular complexity index is 1100. The second-order valence-electron chi connectivity index (χ2n) is 6.65. The maximum Gasteiger partial charge on any atom is 0.225 e. The fourth-order valence-corrected chi connectivity index (χ4v) is 3.02. The quantitative estimate of drug-likeness (QED) is 0.369. The fraction of sp³-hybridized carbons (Fsp3) is 0.0800. The van der Waals surface area contributed by atoms with Crippen molar-refractivity contribution in [2.75, 3.05) is 0 Å². The maximum absolute atomic E-state index is 14.4. The third kappa shape index (κ3) is 4.63. The monoisotopic (exact) mass is 403 g/mol. The topological polar surface area (TPSA) is 31.4 Å². The van der Waals surface area contributed by atoms with Gasteiger partial charge in [0, 0.05) is 6.07 Å². The molecule has 4 aromatic rings. The van der Waals surface area contributed by atoms with Crippen molar-refractivity contribution in [2.24, 2.45) is 0 Å². The molecule has 0 radical (unpaired) electrons. The molecule has 0 aliphatic heterocycles. The molecule has 5 heteroatoms. The molecule has 0 saturated carbocycles. The molecular weight excluding hydrogens is 384 g/mol. The molecule has 150 valence electrons. The largest absolute Gasteiger partial charge is 0.473 e. The average molecular weight is 403 g/mol. The molecule has 30 heavy (non-hydrogen) atoms. The second kappa shape index (κ2) is 9.18. The summed E-state index contributed by atoms with van der Waals surface area (Å²) in [5, 5.41) is 0. The Morgan fingerprint density at radius 2 is 1.17 bits per heavy atom.